The Bertz CT molecular complexity index is 540. The van der Waals surface area contributed by atoms with Gasteiger partial charge in [0.2, 0.25) is 0 Å². The van der Waals surface area contributed by atoms with Crippen LogP contribution in [0.3, 0.4) is 0 Å². The highest BCUT2D eigenvalue weighted by Crippen LogP contribution is 2.31. The van der Waals surface area contributed by atoms with Gasteiger partial charge in [0.05, 0.1) is 0 Å². The maximum Gasteiger partial charge on any atom is 0.0483 e. The molecule has 0 bridgehead atoms. The van der Waals surface area contributed by atoms with Crippen LogP contribution >= 0.6 is 15.9 Å². The van der Waals surface area contributed by atoms with Crippen LogP contribution in [0.25, 0.3) is 10.9 Å². The van der Waals surface area contributed by atoms with Gasteiger partial charge in [-0.1, -0.05) is 22.4 Å². The quantitative estimate of drug-likeness (QED) is 0.920. The topological polar surface area (TPSA) is 30.9 Å². The maximum atomic E-state index is 5.86. The molecule has 1 saturated carbocycles. The lowest BCUT2D eigenvalue weighted by Crippen LogP contribution is -2.20. The molecule has 0 radical (unpaired) electrons. The second-order valence-corrected chi connectivity index (χ2v) is 5.87. The van der Waals surface area contributed by atoms with Gasteiger partial charge in [0.15, 0.2) is 0 Å². The number of halogens is 1. The smallest absolute Gasteiger partial charge is 0.0483 e. The first-order valence-corrected chi connectivity index (χ1v) is 7.05. The summed E-state index contributed by atoms with van der Waals surface area (Å²) in [5, 5.41) is 1.29. The zero-order valence-corrected chi connectivity index (χ0v) is 11.4. The number of hydrogen-bond donors (Lipinski definition) is 1. The van der Waals surface area contributed by atoms with Gasteiger partial charge in [-0.15, -0.1) is 0 Å². The first-order valence-electron chi connectivity index (χ1n) is 6.25. The standard InChI is InChI=1S/C14H17BrN2/c15-12-4-5-14-11(6-12)7-13(8-16)17(14)9-10-2-1-3-10/h4-7,10H,1-3,8-9,16H2. The lowest BCUT2D eigenvalue weighted by Gasteiger charge is -2.27. The summed E-state index contributed by atoms with van der Waals surface area (Å²) in [6.45, 7) is 1.76. The van der Waals surface area contributed by atoms with Gasteiger partial charge < -0.3 is 10.3 Å². The van der Waals surface area contributed by atoms with Gasteiger partial charge in [0.25, 0.3) is 0 Å². The summed E-state index contributed by atoms with van der Waals surface area (Å²) in [6.07, 6.45) is 4.15. The molecule has 0 aliphatic heterocycles. The van der Waals surface area contributed by atoms with E-state index in [1.54, 1.807) is 0 Å². The highest BCUT2D eigenvalue weighted by molar-refractivity contribution is 9.10. The molecular weight excluding hydrogens is 276 g/mol. The van der Waals surface area contributed by atoms with Crippen molar-refractivity contribution in [2.45, 2.75) is 32.4 Å². The van der Waals surface area contributed by atoms with E-state index in [1.807, 2.05) is 0 Å². The Morgan fingerprint density at radius 3 is 2.76 bits per heavy atom. The van der Waals surface area contributed by atoms with Crippen molar-refractivity contribution >= 4 is 26.8 Å². The molecule has 0 unspecified atom stereocenters. The molecule has 3 rings (SSSR count). The SMILES string of the molecule is NCc1cc2cc(Br)ccc2n1CC1CCC1. The predicted molar refractivity (Wildman–Crippen MR) is 74.9 cm³/mol. The van der Waals surface area contributed by atoms with Crippen molar-refractivity contribution in [1.29, 1.82) is 0 Å². The van der Waals surface area contributed by atoms with Gasteiger partial charge >= 0.3 is 0 Å². The van der Waals surface area contributed by atoms with Crippen molar-refractivity contribution in [3.8, 4) is 0 Å². The van der Waals surface area contributed by atoms with Crippen molar-refractivity contribution in [2.24, 2.45) is 11.7 Å². The van der Waals surface area contributed by atoms with Gasteiger partial charge in [-0.05, 0) is 43.0 Å². The highest BCUT2D eigenvalue weighted by Gasteiger charge is 2.19. The second kappa shape index (κ2) is 4.46. The Morgan fingerprint density at radius 1 is 1.29 bits per heavy atom. The van der Waals surface area contributed by atoms with Crippen molar-refractivity contribution in [3.63, 3.8) is 0 Å². The summed E-state index contributed by atoms with van der Waals surface area (Å²) < 4.78 is 3.54. The van der Waals surface area contributed by atoms with Crippen LogP contribution in [0.5, 0.6) is 0 Å². The molecule has 1 fully saturated rings. The fourth-order valence-corrected chi connectivity index (χ4v) is 3.00. The van der Waals surface area contributed by atoms with Crippen LogP contribution in [0.15, 0.2) is 28.7 Å². The van der Waals surface area contributed by atoms with Gasteiger partial charge in [-0.3, -0.25) is 0 Å². The average molecular weight is 293 g/mol. The van der Waals surface area contributed by atoms with Crippen LogP contribution < -0.4 is 5.73 Å². The minimum Gasteiger partial charge on any atom is -0.343 e. The molecule has 1 heterocycles. The van der Waals surface area contributed by atoms with E-state index >= 15 is 0 Å². The normalized spacial score (nSPS) is 16.4. The van der Waals surface area contributed by atoms with Crippen LogP contribution in [0.4, 0.5) is 0 Å². The molecule has 2 nitrogen and oxygen atoms in total. The van der Waals surface area contributed by atoms with E-state index in [9.17, 15) is 0 Å². The zero-order chi connectivity index (χ0) is 11.8. The van der Waals surface area contributed by atoms with Crippen molar-refractivity contribution in [1.82, 2.24) is 4.57 Å². The zero-order valence-electron chi connectivity index (χ0n) is 9.82. The number of nitrogens with zero attached hydrogens (tertiary/aromatic N) is 1. The third-order valence-corrected chi connectivity index (χ3v) is 4.32. The molecular formula is C14H17BrN2. The molecule has 2 aromatic rings. The van der Waals surface area contributed by atoms with Crippen LogP contribution in [-0.2, 0) is 13.1 Å². The Balaban J connectivity index is 2.05. The number of fused-ring (bicyclic) bond motifs is 1. The fourth-order valence-electron chi connectivity index (χ4n) is 2.62. The monoisotopic (exact) mass is 292 g/mol. The molecule has 1 aliphatic rings. The number of aromatic nitrogens is 1. The Labute approximate surface area is 110 Å². The third-order valence-electron chi connectivity index (χ3n) is 3.82. The molecule has 0 saturated heterocycles. The molecule has 1 aromatic heterocycles. The van der Waals surface area contributed by atoms with E-state index in [4.69, 9.17) is 5.73 Å². The first-order chi connectivity index (χ1) is 8.28. The molecule has 90 valence electrons. The number of benzene rings is 1. The van der Waals surface area contributed by atoms with E-state index in [0.29, 0.717) is 6.54 Å². The van der Waals surface area contributed by atoms with Gasteiger partial charge in [0, 0.05) is 34.2 Å². The van der Waals surface area contributed by atoms with E-state index in [-0.39, 0.29) is 0 Å². The van der Waals surface area contributed by atoms with E-state index in [1.165, 1.54) is 35.9 Å². The molecule has 0 spiro atoms. The van der Waals surface area contributed by atoms with E-state index in [2.05, 4.69) is 44.8 Å². The fraction of sp³-hybridized carbons (Fsp3) is 0.429. The third kappa shape index (κ3) is 2.02. The lowest BCUT2D eigenvalue weighted by molar-refractivity contribution is 0.277. The Morgan fingerprint density at radius 2 is 2.12 bits per heavy atom. The summed E-state index contributed by atoms with van der Waals surface area (Å²) in [5.41, 5.74) is 8.43. The molecule has 3 heteroatoms. The van der Waals surface area contributed by atoms with Crippen LogP contribution in [0.1, 0.15) is 25.0 Å². The van der Waals surface area contributed by atoms with E-state index < -0.39 is 0 Å². The lowest BCUT2D eigenvalue weighted by atomic mass is 9.85. The minimum absolute atomic E-state index is 0.624. The van der Waals surface area contributed by atoms with Crippen LogP contribution in [-0.4, -0.2) is 4.57 Å². The number of nitrogens with two attached hydrogens (primary N) is 1. The first kappa shape index (κ1) is 11.3. The van der Waals surface area contributed by atoms with Crippen LogP contribution in [0.2, 0.25) is 0 Å². The number of hydrogen-bond acceptors (Lipinski definition) is 1. The summed E-state index contributed by atoms with van der Waals surface area (Å²) >= 11 is 3.52. The molecule has 0 atom stereocenters. The van der Waals surface area contributed by atoms with Crippen molar-refractivity contribution in [2.75, 3.05) is 0 Å². The molecule has 1 aromatic carbocycles. The van der Waals surface area contributed by atoms with Gasteiger partial charge in [-0.25, -0.2) is 0 Å². The second-order valence-electron chi connectivity index (χ2n) is 4.95. The van der Waals surface area contributed by atoms with E-state index in [0.717, 1.165) is 16.9 Å². The summed E-state index contributed by atoms with van der Waals surface area (Å²) in [6, 6.07) is 8.70. The van der Waals surface area contributed by atoms with Crippen LogP contribution in [0, 0.1) is 5.92 Å². The Kier molecular flexibility index (Phi) is 2.97. The van der Waals surface area contributed by atoms with Crippen molar-refractivity contribution in [3.05, 3.63) is 34.4 Å². The molecule has 0 amide bonds. The molecule has 2 N–H and O–H groups in total. The van der Waals surface area contributed by atoms with Crippen molar-refractivity contribution < 1.29 is 0 Å². The maximum absolute atomic E-state index is 5.86. The highest BCUT2D eigenvalue weighted by atomic mass is 79.9. The summed E-state index contributed by atoms with van der Waals surface area (Å²) in [7, 11) is 0. The molecule has 1 aliphatic carbocycles. The predicted octanol–water partition coefficient (Wildman–Crippen LogP) is 3.66. The minimum atomic E-state index is 0.624. The average Bonchev–Trinajstić information content (AvgIpc) is 2.60. The largest absolute Gasteiger partial charge is 0.343 e. The van der Waals surface area contributed by atoms with Gasteiger partial charge in [-0.2, -0.15) is 0 Å². The number of rotatable bonds is 3. The van der Waals surface area contributed by atoms with Gasteiger partial charge in [0.1, 0.15) is 0 Å². The summed E-state index contributed by atoms with van der Waals surface area (Å²) in [4.78, 5) is 0. The Hall–Kier alpha value is -0.800. The molecule has 17 heavy (non-hydrogen) atoms. The summed E-state index contributed by atoms with van der Waals surface area (Å²) in [5.74, 6) is 0.861.